The first-order valence-electron chi connectivity index (χ1n) is 11.2. The number of rotatable bonds is 4. The lowest BCUT2D eigenvalue weighted by atomic mass is 9.98. The fraction of sp³-hybridized carbons (Fsp3) is 0.455. The minimum Gasteiger partial charge on any atom is -0.408 e. The lowest BCUT2D eigenvalue weighted by molar-refractivity contribution is -0.137. The molecule has 1 atom stereocenters. The first kappa shape index (κ1) is 22.5. The van der Waals surface area contributed by atoms with E-state index in [9.17, 15) is 18.0 Å². The van der Waals surface area contributed by atoms with Crippen LogP contribution >= 0.6 is 0 Å². The molecule has 11 nitrogen and oxygen atoms in total. The van der Waals surface area contributed by atoms with E-state index in [1.807, 2.05) is 9.80 Å². The molecule has 0 unspecified atom stereocenters. The predicted octanol–water partition coefficient (Wildman–Crippen LogP) is 0.671. The van der Waals surface area contributed by atoms with Gasteiger partial charge in [-0.1, -0.05) is 0 Å². The van der Waals surface area contributed by atoms with Crippen LogP contribution < -0.4 is 10.7 Å². The summed E-state index contributed by atoms with van der Waals surface area (Å²) in [6, 6.07) is 6.18. The lowest BCUT2D eigenvalue weighted by Crippen LogP contribution is -2.53. The molecule has 0 aliphatic carbocycles. The largest absolute Gasteiger partial charge is 0.419 e. The minimum absolute atomic E-state index is 0.0157. The van der Waals surface area contributed by atoms with Gasteiger partial charge in [0.2, 0.25) is 21.9 Å². The van der Waals surface area contributed by atoms with Crippen molar-refractivity contribution in [2.24, 2.45) is 13.0 Å². The van der Waals surface area contributed by atoms with Crippen LogP contribution in [-0.4, -0.2) is 77.3 Å². The fourth-order valence-corrected chi connectivity index (χ4v) is 6.17. The van der Waals surface area contributed by atoms with Gasteiger partial charge < -0.3 is 14.2 Å². The van der Waals surface area contributed by atoms with Crippen LogP contribution in [0.4, 0.5) is 5.95 Å². The van der Waals surface area contributed by atoms with Crippen molar-refractivity contribution in [3.63, 3.8) is 0 Å². The molecule has 1 amide bonds. The highest BCUT2D eigenvalue weighted by Gasteiger charge is 2.36. The molecule has 4 heterocycles. The van der Waals surface area contributed by atoms with Crippen LogP contribution in [0.1, 0.15) is 12.8 Å². The van der Waals surface area contributed by atoms with Crippen LogP contribution in [0.15, 0.2) is 50.8 Å². The third kappa shape index (κ3) is 4.07. The van der Waals surface area contributed by atoms with Crippen LogP contribution in [0, 0.1) is 5.92 Å². The molecule has 2 aromatic heterocycles. The number of nitrogens with zero attached hydrogens (tertiary/aromatic N) is 6. The van der Waals surface area contributed by atoms with Crippen LogP contribution in [-0.2, 0) is 21.9 Å². The molecule has 34 heavy (non-hydrogen) atoms. The molecule has 0 bridgehead atoms. The topological polar surface area (TPSA) is 122 Å². The lowest BCUT2D eigenvalue weighted by Gasteiger charge is -2.38. The number of hydrogen-bond donors (Lipinski definition) is 0. The average Bonchev–Trinajstić information content (AvgIpc) is 3.17. The second-order valence-electron chi connectivity index (χ2n) is 8.62. The van der Waals surface area contributed by atoms with Crippen LogP contribution in [0.5, 0.6) is 0 Å². The Hall–Kier alpha value is -3.25. The summed E-state index contributed by atoms with van der Waals surface area (Å²) in [7, 11) is -2.27. The number of aryl methyl sites for hydroxylation is 1. The van der Waals surface area contributed by atoms with E-state index < -0.39 is 15.8 Å². The zero-order valence-electron chi connectivity index (χ0n) is 18.8. The number of carbonyl (C=O) groups excluding carboxylic acids is 1. The SMILES string of the molecule is Cn1c(=O)oc2cc(S(=O)(=O)N3CCC[C@@H](C(=O)N4CCN(c5ncccn5)CC4)C3)ccc21. The van der Waals surface area contributed by atoms with Gasteiger partial charge in [-0.2, -0.15) is 4.31 Å². The summed E-state index contributed by atoms with van der Waals surface area (Å²) in [5, 5.41) is 0. The molecule has 2 aliphatic rings. The molecule has 2 saturated heterocycles. The molecule has 0 spiro atoms. The second-order valence-corrected chi connectivity index (χ2v) is 10.6. The van der Waals surface area contributed by atoms with Gasteiger partial charge in [-0.25, -0.2) is 23.2 Å². The Bertz CT molecular complexity index is 1360. The first-order valence-corrected chi connectivity index (χ1v) is 12.7. The van der Waals surface area contributed by atoms with Gasteiger partial charge in [-0.3, -0.25) is 9.36 Å². The van der Waals surface area contributed by atoms with Gasteiger partial charge in [0.15, 0.2) is 5.58 Å². The van der Waals surface area contributed by atoms with E-state index >= 15 is 0 Å². The van der Waals surface area contributed by atoms with E-state index in [4.69, 9.17) is 4.42 Å². The number of fused-ring (bicyclic) bond motifs is 1. The number of anilines is 1. The molecule has 0 saturated carbocycles. The summed E-state index contributed by atoms with van der Waals surface area (Å²) in [4.78, 5) is 37.4. The van der Waals surface area contributed by atoms with Crippen molar-refractivity contribution >= 4 is 33.0 Å². The van der Waals surface area contributed by atoms with E-state index in [0.717, 1.165) is 0 Å². The quantitative estimate of drug-likeness (QED) is 0.528. The predicted molar refractivity (Wildman–Crippen MR) is 124 cm³/mol. The highest BCUT2D eigenvalue weighted by atomic mass is 32.2. The second kappa shape index (κ2) is 8.84. The average molecular weight is 487 g/mol. The number of hydrogen-bond acceptors (Lipinski definition) is 8. The van der Waals surface area contributed by atoms with Crippen molar-refractivity contribution in [3.8, 4) is 0 Å². The van der Waals surface area contributed by atoms with Crippen molar-refractivity contribution in [3.05, 3.63) is 47.2 Å². The molecule has 2 fully saturated rings. The molecule has 0 radical (unpaired) electrons. The summed E-state index contributed by atoms with van der Waals surface area (Å²) >= 11 is 0. The maximum atomic E-state index is 13.3. The van der Waals surface area contributed by atoms with Crippen LogP contribution in [0.3, 0.4) is 0 Å². The standard InChI is InChI=1S/C22H26N6O5S/c1-25-18-6-5-17(14-19(18)33-22(25)30)34(31,32)28-9-2-4-16(15-28)20(29)26-10-12-27(13-11-26)21-23-7-3-8-24-21/h3,5-8,14,16H,2,4,9-13,15H2,1H3/t16-/m1/s1. The highest BCUT2D eigenvalue weighted by molar-refractivity contribution is 7.89. The smallest absolute Gasteiger partial charge is 0.408 e. The number of amides is 1. The minimum atomic E-state index is -3.83. The Morgan fingerprint density at radius 3 is 2.56 bits per heavy atom. The maximum absolute atomic E-state index is 13.3. The Kier molecular flexibility index (Phi) is 5.86. The molecular weight excluding hydrogens is 460 g/mol. The number of benzene rings is 1. The molecular formula is C22H26N6O5S. The Morgan fingerprint density at radius 2 is 1.82 bits per heavy atom. The molecule has 12 heteroatoms. The summed E-state index contributed by atoms with van der Waals surface area (Å²) < 4.78 is 34.5. The number of piperazine rings is 1. The zero-order chi connectivity index (χ0) is 23.9. The Morgan fingerprint density at radius 1 is 1.09 bits per heavy atom. The molecule has 5 rings (SSSR count). The van der Waals surface area contributed by atoms with E-state index in [0.29, 0.717) is 57.0 Å². The summed E-state index contributed by atoms with van der Waals surface area (Å²) in [5.74, 6) is -0.303. The number of aromatic nitrogens is 3. The van der Waals surface area contributed by atoms with Gasteiger partial charge in [0.05, 0.1) is 16.3 Å². The number of carbonyl (C=O) groups is 1. The molecule has 1 aromatic carbocycles. The van der Waals surface area contributed by atoms with E-state index in [2.05, 4.69) is 9.97 Å². The molecule has 0 N–H and O–H groups in total. The third-order valence-corrected chi connectivity index (χ3v) is 8.42. The molecule has 2 aliphatic heterocycles. The summed E-state index contributed by atoms with van der Waals surface area (Å²) in [6.07, 6.45) is 4.65. The number of piperidine rings is 1. The van der Waals surface area contributed by atoms with E-state index in [1.165, 1.54) is 21.0 Å². The fourth-order valence-electron chi connectivity index (χ4n) is 4.63. The van der Waals surface area contributed by atoms with Gasteiger partial charge in [-0.15, -0.1) is 0 Å². The van der Waals surface area contributed by atoms with Crippen molar-refractivity contribution in [1.29, 1.82) is 0 Å². The van der Waals surface area contributed by atoms with E-state index in [1.54, 1.807) is 31.6 Å². The van der Waals surface area contributed by atoms with Crippen LogP contribution in [0.25, 0.3) is 11.1 Å². The normalized spacial score (nSPS) is 20.1. The van der Waals surface area contributed by atoms with Gasteiger partial charge in [0, 0.05) is 64.8 Å². The Balaban J connectivity index is 1.27. The Labute approximate surface area is 196 Å². The summed E-state index contributed by atoms with van der Waals surface area (Å²) in [6.45, 7) is 2.84. The van der Waals surface area contributed by atoms with Gasteiger partial charge in [-0.05, 0) is 31.0 Å². The van der Waals surface area contributed by atoms with Crippen molar-refractivity contribution < 1.29 is 17.6 Å². The van der Waals surface area contributed by atoms with E-state index in [-0.39, 0.29) is 28.8 Å². The number of oxazole rings is 1. The monoisotopic (exact) mass is 486 g/mol. The molecule has 3 aromatic rings. The number of sulfonamides is 1. The van der Waals surface area contributed by atoms with Crippen molar-refractivity contribution in [1.82, 2.24) is 23.7 Å². The van der Waals surface area contributed by atoms with Gasteiger partial charge >= 0.3 is 5.76 Å². The third-order valence-electron chi connectivity index (χ3n) is 6.56. The van der Waals surface area contributed by atoms with Crippen molar-refractivity contribution in [2.45, 2.75) is 17.7 Å². The first-order chi connectivity index (χ1) is 16.3. The van der Waals surface area contributed by atoms with Gasteiger partial charge in [0.25, 0.3) is 0 Å². The summed E-state index contributed by atoms with van der Waals surface area (Å²) in [5.41, 5.74) is 0.745. The highest BCUT2D eigenvalue weighted by Crippen LogP contribution is 2.27. The van der Waals surface area contributed by atoms with Crippen LogP contribution in [0.2, 0.25) is 0 Å². The maximum Gasteiger partial charge on any atom is 0.419 e. The van der Waals surface area contributed by atoms with Crippen molar-refractivity contribution in [2.75, 3.05) is 44.2 Å². The van der Waals surface area contributed by atoms with Gasteiger partial charge in [0.1, 0.15) is 0 Å². The molecule has 180 valence electrons. The zero-order valence-corrected chi connectivity index (χ0v) is 19.6.